The lowest BCUT2D eigenvalue weighted by atomic mass is 9.84. The van der Waals surface area contributed by atoms with E-state index in [0.29, 0.717) is 32.2 Å². The predicted molar refractivity (Wildman–Crippen MR) is 110 cm³/mol. The van der Waals surface area contributed by atoms with E-state index in [-0.39, 0.29) is 22.9 Å². The fourth-order valence-electron chi connectivity index (χ4n) is 3.67. The first kappa shape index (κ1) is 22.0. The van der Waals surface area contributed by atoms with E-state index >= 15 is 0 Å². The summed E-state index contributed by atoms with van der Waals surface area (Å²) in [7, 11) is 3.62. The Kier molecular flexibility index (Phi) is 8.08. The molecule has 0 heterocycles. The molecule has 1 aromatic carbocycles. The van der Waals surface area contributed by atoms with E-state index in [1.165, 1.54) is 6.07 Å². The summed E-state index contributed by atoms with van der Waals surface area (Å²) in [5.74, 6) is 0.677. The standard InChI is InChI=1S/C21H33FN4O2/c1-5-23-20(24-14-16-9-10-18(28-6-2)17(22)13-16)25-15-21(11-7-8-12-21)19(27)26(3)4/h9-10,13H,5-8,11-12,14-15H2,1-4H3,(H2,23,24,25). The third-order valence-electron chi connectivity index (χ3n) is 5.07. The fourth-order valence-corrected chi connectivity index (χ4v) is 3.67. The van der Waals surface area contributed by atoms with Crippen molar-refractivity contribution in [1.82, 2.24) is 15.5 Å². The van der Waals surface area contributed by atoms with Crippen molar-refractivity contribution in [2.45, 2.75) is 46.1 Å². The van der Waals surface area contributed by atoms with Crippen LogP contribution in [0.5, 0.6) is 5.75 Å². The highest BCUT2D eigenvalue weighted by atomic mass is 19.1. The third kappa shape index (κ3) is 5.59. The van der Waals surface area contributed by atoms with E-state index < -0.39 is 0 Å². The van der Waals surface area contributed by atoms with E-state index in [2.05, 4.69) is 15.6 Å². The van der Waals surface area contributed by atoms with Crippen molar-refractivity contribution < 1.29 is 13.9 Å². The van der Waals surface area contributed by atoms with Crippen LogP contribution in [-0.2, 0) is 11.3 Å². The minimum Gasteiger partial charge on any atom is -0.491 e. The average Bonchev–Trinajstić information content (AvgIpc) is 3.15. The van der Waals surface area contributed by atoms with Crippen LogP contribution >= 0.6 is 0 Å². The highest BCUT2D eigenvalue weighted by Crippen LogP contribution is 2.38. The minimum absolute atomic E-state index is 0.168. The van der Waals surface area contributed by atoms with Crippen molar-refractivity contribution in [2.75, 3.05) is 33.8 Å². The molecule has 1 saturated carbocycles. The van der Waals surface area contributed by atoms with Crippen LogP contribution < -0.4 is 15.4 Å². The molecule has 156 valence electrons. The van der Waals surface area contributed by atoms with Crippen LogP contribution in [0.4, 0.5) is 4.39 Å². The molecule has 28 heavy (non-hydrogen) atoms. The van der Waals surface area contributed by atoms with E-state index in [9.17, 15) is 9.18 Å². The summed E-state index contributed by atoms with van der Waals surface area (Å²) in [5, 5.41) is 6.53. The third-order valence-corrected chi connectivity index (χ3v) is 5.07. The van der Waals surface area contributed by atoms with Crippen LogP contribution in [0.3, 0.4) is 0 Å². The largest absolute Gasteiger partial charge is 0.491 e. The Morgan fingerprint density at radius 1 is 1.25 bits per heavy atom. The Morgan fingerprint density at radius 3 is 2.54 bits per heavy atom. The second-order valence-corrected chi connectivity index (χ2v) is 7.43. The molecule has 7 heteroatoms. The molecular formula is C21H33FN4O2. The summed E-state index contributed by atoms with van der Waals surface area (Å²) < 4.78 is 19.3. The van der Waals surface area contributed by atoms with Gasteiger partial charge in [-0.05, 0) is 44.4 Å². The maximum absolute atomic E-state index is 14.0. The number of nitrogens with zero attached hydrogens (tertiary/aromatic N) is 2. The summed E-state index contributed by atoms with van der Waals surface area (Å²) in [5.41, 5.74) is 0.392. The molecule has 1 aliphatic carbocycles. The maximum Gasteiger partial charge on any atom is 0.230 e. The number of guanidine groups is 1. The van der Waals surface area contributed by atoms with Crippen molar-refractivity contribution in [3.8, 4) is 5.75 Å². The normalized spacial score (nSPS) is 16.0. The van der Waals surface area contributed by atoms with Gasteiger partial charge < -0.3 is 20.3 Å². The second-order valence-electron chi connectivity index (χ2n) is 7.43. The SMILES string of the molecule is CCNC(=NCc1ccc(OCC)c(F)c1)NCC1(C(=O)N(C)C)CCCC1. The topological polar surface area (TPSA) is 66.0 Å². The lowest BCUT2D eigenvalue weighted by Crippen LogP contribution is -2.49. The van der Waals surface area contributed by atoms with Gasteiger partial charge in [-0.3, -0.25) is 4.79 Å². The number of ether oxygens (including phenoxy) is 1. The predicted octanol–water partition coefficient (Wildman–Crippen LogP) is 2.93. The molecule has 0 radical (unpaired) electrons. The highest BCUT2D eigenvalue weighted by molar-refractivity contribution is 5.85. The molecule has 1 fully saturated rings. The van der Waals surface area contributed by atoms with Crippen molar-refractivity contribution in [3.63, 3.8) is 0 Å². The fraction of sp³-hybridized carbons (Fsp3) is 0.619. The zero-order chi connectivity index (χ0) is 20.6. The Labute approximate surface area is 167 Å². The van der Waals surface area contributed by atoms with Gasteiger partial charge in [0.15, 0.2) is 17.5 Å². The summed E-state index contributed by atoms with van der Waals surface area (Å²) in [6.07, 6.45) is 3.92. The molecule has 0 aromatic heterocycles. The van der Waals surface area contributed by atoms with E-state index in [4.69, 9.17) is 4.74 Å². The molecule has 0 spiro atoms. The average molecular weight is 393 g/mol. The Bertz CT molecular complexity index is 685. The van der Waals surface area contributed by atoms with Crippen molar-refractivity contribution in [2.24, 2.45) is 10.4 Å². The Hall–Kier alpha value is -2.31. The van der Waals surface area contributed by atoms with Gasteiger partial charge in [-0.15, -0.1) is 0 Å². The van der Waals surface area contributed by atoms with Crippen LogP contribution in [0.25, 0.3) is 0 Å². The number of hydrogen-bond acceptors (Lipinski definition) is 3. The molecule has 0 bridgehead atoms. The van der Waals surface area contributed by atoms with Gasteiger partial charge >= 0.3 is 0 Å². The minimum atomic E-state index is -0.381. The monoisotopic (exact) mass is 392 g/mol. The number of nitrogens with one attached hydrogen (secondary N) is 2. The smallest absolute Gasteiger partial charge is 0.230 e. The molecule has 2 rings (SSSR count). The lowest BCUT2D eigenvalue weighted by Gasteiger charge is -2.31. The molecule has 1 amide bonds. The van der Waals surface area contributed by atoms with Crippen LogP contribution in [0.15, 0.2) is 23.2 Å². The van der Waals surface area contributed by atoms with Gasteiger partial charge in [-0.2, -0.15) is 0 Å². The number of carbonyl (C=O) groups excluding carboxylic acids is 1. The summed E-state index contributed by atoms with van der Waals surface area (Å²) >= 11 is 0. The van der Waals surface area contributed by atoms with Crippen LogP contribution in [-0.4, -0.2) is 50.6 Å². The Morgan fingerprint density at radius 2 is 1.96 bits per heavy atom. The van der Waals surface area contributed by atoms with Crippen molar-refractivity contribution in [1.29, 1.82) is 0 Å². The highest BCUT2D eigenvalue weighted by Gasteiger charge is 2.42. The van der Waals surface area contributed by atoms with Crippen LogP contribution in [0, 0.1) is 11.2 Å². The lowest BCUT2D eigenvalue weighted by molar-refractivity contribution is -0.138. The molecule has 0 saturated heterocycles. The van der Waals surface area contributed by atoms with Gasteiger partial charge in [-0.1, -0.05) is 18.9 Å². The zero-order valence-corrected chi connectivity index (χ0v) is 17.5. The first-order valence-electron chi connectivity index (χ1n) is 10.1. The van der Waals surface area contributed by atoms with Crippen molar-refractivity contribution in [3.05, 3.63) is 29.6 Å². The number of aliphatic imine (C=N–C) groups is 1. The van der Waals surface area contributed by atoms with Crippen molar-refractivity contribution >= 4 is 11.9 Å². The molecule has 6 nitrogen and oxygen atoms in total. The second kappa shape index (κ2) is 10.3. The number of rotatable bonds is 8. The number of carbonyl (C=O) groups is 1. The van der Waals surface area contributed by atoms with E-state index in [1.54, 1.807) is 11.0 Å². The molecule has 2 N–H and O–H groups in total. The van der Waals surface area contributed by atoms with Gasteiger partial charge in [0.2, 0.25) is 5.91 Å². The van der Waals surface area contributed by atoms with Crippen LogP contribution in [0.2, 0.25) is 0 Å². The number of benzene rings is 1. The first-order chi connectivity index (χ1) is 13.4. The maximum atomic E-state index is 14.0. The molecule has 0 aliphatic heterocycles. The van der Waals surface area contributed by atoms with Gasteiger partial charge in [0.25, 0.3) is 0 Å². The summed E-state index contributed by atoms with van der Waals surface area (Å²) in [6, 6.07) is 4.90. The van der Waals surface area contributed by atoms with E-state index in [1.807, 2.05) is 34.0 Å². The molecule has 1 aromatic rings. The number of halogens is 1. The first-order valence-corrected chi connectivity index (χ1v) is 10.1. The Balaban J connectivity index is 2.05. The van der Waals surface area contributed by atoms with E-state index in [0.717, 1.165) is 31.2 Å². The van der Waals surface area contributed by atoms with Gasteiger partial charge in [-0.25, -0.2) is 9.38 Å². The molecular weight excluding hydrogens is 359 g/mol. The molecule has 0 atom stereocenters. The molecule has 0 unspecified atom stereocenters. The summed E-state index contributed by atoms with van der Waals surface area (Å²) in [6.45, 7) is 5.84. The van der Waals surface area contributed by atoms with Gasteiger partial charge in [0.05, 0.1) is 18.6 Å². The molecule has 1 aliphatic rings. The van der Waals surface area contributed by atoms with Gasteiger partial charge in [0, 0.05) is 27.2 Å². The number of amides is 1. The summed E-state index contributed by atoms with van der Waals surface area (Å²) in [4.78, 5) is 19.0. The van der Waals surface area contributed by atoms with Gasteiger partial charge in [0.1, 0.15) is 0 Å². The quantitative estimate of drug-likeness (QED) is 0.527. The zero-order valence-electron chi connectivity index (χ0n) is 17.5. The van der Waals surface area contributed by atoms with Crippen LogP contribution in [0.1, 0.15) is 45.1 Å². The number of hydrogen-bond donors (Lipinski definition) is 2.